The van der Waals surface area contributed by atoms with Gasteiger partial charge in [-0.25, -0.2) is 28.2 Å². The molecular weight excluding hydrogens is 635 g/mol. The van der Waals surface area contributed by atoms with Crippen LogP contribution in [0.25, 0.3) is 11.3 Å². The molecule has 10 nitrogen and oxygen atoms in total. The topological polar surface area (TPSA) is 118 Å². The van der Waals surface area contributed by atoms with Crippen molar-refractivity contribution in [2.75, 3.05) is 20.1 Å². The average Bonchev–Trinajstić information content (AvgIpc) is 3.72. The monoisotopic (exact) mass is 665 g/mol. The van der Waals surface area contributed by atoms with E-state index in [9.17, 15) is 13.8 Å². The van der Waals surface area contributed by atoms with E-state index in [-0.39, 0.29) is 23.4 Å². The van der Waals surface area contributed by atoms with E-state index in [0.29, 0.717) is 16.4 Å². The van der Waals surface area contributed by atoms with Crippen LogP contribution in [0.4, 0.5) is 14.5 Å². The number of aliphatic imine (C=N–C) groups is 1. The van der Waals surface area contributed by atoms with Crippen LogP contribution >= 0.6 is 18.7 Å². The Morgan fingerprint density at radius 3 is 2.59 bits per heavy atom. The van der Waals surface area contributed by atoms with Gasteiger partial charge in [0.15, 0.2) is 6.79 Å². The molecule has 14 heteroatoms. The first-order valence-electron chi connectivity index (χ1n) is 13.9. The number of ether oxygens (including phenoxy) is 2. The van der Waals surface area contributed by atoms with Gasteiger partial charge in [0, 0.05) is 41.8 Å². The quantitative estimate of drug-likeness (QED) is 0.0551. The van der Waals surface area contributed by atoms with Gasteiger partial charge < -0.3 is 14.0 Å². The standard InChI is InChI=1S/C32H30F2N5O5PS/c1-21(30-38-29(16-46-30)22-8-11-25(35-2)12-9-22)32(17-39-19-36-18-37-39,27-13-10-24(33)15-28(27)34)43-20-42-31(40)23-6-5-7-26(14-23)44-45(3,4)41/h5-16,18-19,21H,2,17,20H2,1,3-4H3/t21-,32?/m0/s1. The summed E-state index contributed by atoms with van der Waals surface area (Å²) in [6, 6.07) is 16.6. The molecule has 0 aliphatic rings. The molecule has 0 saturated heterocycles. The van der Waals surface area contributed by atoms with Gasteiger partial charge >= 0.3 is 5.97 Å². The zero-order valence-electron chi connectivity index (χ0n) is 25.2. The molecule has 1 unspecified atom stereocenters. The van der Waals surface area contributed by atoms with Crippen LogP contribution in [0, 0.1) is 11.6 Å². The van der Waals surface area contributed by atoms with Gasteiger partial charge in [-0.1, -0.05) is 31.2 Å². The summed E-state index contributed by atoms with van der Waals surface area (Å²) in [5, 5.41) is 6.64. The highest BCUT2D eigenvalue weighted by Crippen LogP contribution is 2.45. The van der Waals surface area contributed by atoms with Crippen LogP contribution in [0.3, 0.4) is 0 Å². The number of rotatable bonds is 13. The van der Waals surface area contributed by atoms with Gasteiger partial charge in [0.25, 0.3) is 0 Å². The predicted molar refractivity (Wildman–Crippen MR) is 171 cm³/mol. The molecule has 0 saturated carbocycles. The molecular formula is C32H30F2N5O5PS. The molecule has 3 aromatic carbocycles. The fourth-order valence-electron chi connectivity index (χ4n) is 4.85. The fraction of sp³-hybridized carbons (Fsp3) is 0.219. The normalized spacial score (nSPS) is 13.5. The molecule has 0 aliphatic heterocycles. The Labute approximate surface area is 268 Å². The van der Waals surface area contributed by atoms with Crippen LogP contribution in [-0.4, -0.2) is 52.6 Å². The first kappa shape index (κ1) is 32.8. The summed E-state index contributed by atoms with van der Waals surface area (Å²) in [4.78, 5) is 25.8. The van der Waals surface area contributed by atoms with Crippen molar-refractivity contribution >= 4 is 37.1 Å². The Morgan fingerprint density at radius 1 is 1.13 bits per heavy atom. The third kappa shape index (κ3) is 7.61. The Morgan fingerprint density at radius 2 is 1.91 bits per heavy atom. The third-order valence-electron chi connectivity index (χ3n) is 7.09. The summed E-state index contributed by atoms with van der Waals surface area (Å²) in [5.41, 5.74) is 0.737. The van der Waals surface area contributed by atoms with E-state index in [2.05, 4.69) is 21.8 Å². The number of carbonyl (C=O) groups excluding carboxylic acids is 1. The van der Waals surface area contributed by atoms with Crippen molar-refractivity contribution in [3.8, 4) is 17.0 Å². The fourth-order valence-corrected chi connectivity index (χ4v) is 6.44. The number of aromatic nitrogens is 4. The smallest absolute Gasteiger partial charge is 0.340 e. The van der Waals surface area contributed by atoms with Crippen molar-refractivity contribution in [3.63, 3.8) is 0 Å². The Balaban J connectivity index is 1.50. The minimum absolute atomic E-state index is 0.00292. The van der Waals surface area contributed by atoms with Crippen molar-refractivity contribution in [1.29, 1.82) is 0 Å². The summed E-state index contributed by atoms with van der Waals surface area (Å²) in [6.07, 6.45) is 2.76. The lowest BCUT2D eigenvalue weighted by Gasteiger charge is -2.38. The van der Waals surface area contributed by atoms with Gasteiger partial charge in [0.1, 0.15) is 35.6 Å². The molecule has 2 aromatic heterocycles. The average molecular weight is 666 g/mol. The molecule has 0 aliphatic carbocycles. The van der Waals surface area contributed by atoms with Gasteiger partial charge in [0.05, 0.1) is 28.5 Å². The van der Waals surface area contributed by atoms with Crippen LogP contribution in [0.2, 0.25) is 0 Å². The predicted octanol–water partition coefficient (Wildman–Crippen LogP) is 7.46. The lowest BCUT2D eigenvalue weighted by molar-refractivity contribution is -0.148. The highest BCUT2D eigenvalue weighted by atomic mass is 32.1. The maximum Gasteiger partial charge on any atom is 0.340 e. The summed E-state index contributed by atoms with van der Waals surface area (Å²) in [7, 11) is -2.88. The number of hydrogen-bond donors (Lipinski definition) is 0. The van der Waals surface area contributed by atoms with Crippen molar-refractivity contribution < 1.29 is 32.1 Å². The van der Waals surface area contributed by atoms with Crippen molar-refractivity contribution in [2.45, 2.75) is 25.0 Å². The number of carbonyl (C=O) groups is 1. The van der Waals surface area contributed by atoms with E-state index >= 15 is 4.39 Å². The maximum atomic E-state index is 15.7. The number of halogens is 2. The third-order valence-corrected chi connectivity index (χ3v) is 8.77. The first-order valence-corrected chi connectivity index (χ1v) is 17.3. The molecule has 0 bridgehead atoms. The molecule has 46 heavy (non-hydrogen) atoms. The molecule has 5 rings (SSSR count). The second-order valence-electron chi connectivity index (χ2n) is 10.7. The second-order valence-corrected chi connectivity index (χ2v) is 14.2. The Hall–Kier alpha value is -4.58. The van der Waals surface area contributed by atoms with E-state index in [1.54, 1.807) is 19.1 Å². The van der Waals surface area contributed by atoms with E-state index in [1.807, 2.05) is 29.6 Å². The van der Waals surface area contributed by atoms with Gasteiger partial charge in [-0.3, -0.25) is 9.56 Å². The molecule has 0 amide bonds. The van der Waals surface area contributed by atoms with E-state index in [4.69, 9.17) is 19.0 Å². The largest absolute Gasteiger partial charge is 0.443 e. The molecule has 2 heterocycles. The van der Waals surface area contributed by atoms with Crippen molar-refractivity contribution in [3.05, 3.63) is 113 Å². The van der Waals surface area contributed by atoms with Crippen LogP contribution in [0.1, 0.15) is 33.8 Å². The molecule has 0 spiro atoms. The molecule has 0 N–H and O–H groups in total. The van der Waals surface area contributed by atoms with E-state index < -0.39 is 43.3 Å². The van der Waals surface area contributed by atoms with Gasteiger partial charge in [0.2, 0.25) is 7.37 Å². The number of thiazole rings is 1. The molecule has 0 radical (unpaired) electrons. The minimum Gasteiger partial charge on any atom is -0.443 e. The number of hydrogen-bond acceptors (Lipinski definition) is 10. The van der Waals surface area contributed by atoms with Crippen LogP contribution < -0.4 is 4.52 Å². The van der Waals surface area contributed by atoms with Gasteiger partial charge in [-0.2, -0.15) is 5.10 Å². The lowest BCUT2D eigenvalue weighted by atomic mass is 9.81. The first-order chi connectivity index (χ1) is 22.0. The van der Waals surface area contributed by atoms with Crippen LogP contribution in [0.5, 0.6) is 5.75 Å². The van der Waals surface area contributed by atoms with Gasteiger partial charge in [-0.05, 0) is 43.1 Å². The SMILES string of the molecule is C=Nc1ccc(-c2csc([C@H](C)C(Cn3cncn3)(OCOC(=O)c3cccc(OP(C)(C)=O)c3)c3ccc(F)cc3F)n2)cc1. The van der Waals surface area contributed by atoms with Crippen molar-refractivity contribution in [2.24, 2.45) is 4.99 Å². The highest BCUT2D eigenvalue weighted by Gasteiger charge is 2.45. The Bertz CT molecular complexity index is 1880. The van der Waals surface area contributed by atoms with E-state index in [0.717, 1.165) is 17.7 Å². The van der Waals surface area contributed by atoms with E-state index in [1.165, 1.54) is 60.2 Å². The zero-order valence-corrected chi connectivity index (χ0v) is 26.9. The zero-order chi connectivity index (χ0) is 32.9. The summed E-state index contributed by atoms with van der Waals surface area (Å²) < 4.78 is 60.7. The maximum absolute atomic E-state index is 15.7. The van der Waals surface area contributed by atoms with Gasteiger partial charge in [-0.15, -0.1) is 11.3 Å². The Kier molecular flexibility index (Phi) is 9.85. The number of esters is 1. The molecule has 238 valence electrons. The van der Waals surface area contributed by atoms with Crippen molar-refractivity contribution in [1.82, 2.24) is 19.7 Å². The molecule has 5 aromatic rings. The molecule has 2 atom stereocenters. The summed E-state index contributed by atoms with van der Waals surface area (Å²) in [6.45, 7) is 7.54. The lowest BCUT2D eigenvalue weighted by Crippen LogP contribution is -2.42. The highest BCUT2D eigenvalue weighted by molar-refractivity contribution is 7.57. The summed E-state index contributed by atoms with van der Waals surface area (Å²) in [5.74, 6) is -2.83. The second kappa shape index (κ2) is 13.8. The van der Waals surface area contributed by atoms with Crippen LogP contribution in [-0.2, 0) is 26.2 Å². The summed E-state index contributed by atoms with van der Waals surface area (Å²) >= 11 is 1.33. The number of benzene rings is 3. The molecule has 0 fully saturated rings. The van der Waals surface area contributed by atoms with Crippen LogP contribution in [0.15, 0.2) is 89.8 Å². The number of nitrogens with zero attached hydrogens (tertiary/aromatic N) is 5. The minimum atomic E-state index is -2.88.